The van der Waals surface area contributed by atoms with Gasteiger partial charge in [0.15, 0.2) is 5.75 Å². The molecule has 0 unspecified atom stereocenters. The molecule has 0 saturated carbocycles. The molecule has 1 aliphatic heterocycles. The molecule has 4 nitrogen and oxygen atoms in total. The Bertz CT molecular complexity index is 733. The molecule has 1 aromatic heterocycles. The molecule has 3 rings (SSSR count). The first-order chi connectivity index (χ1) is 10.5. The highest BCUT2D eigenvalue weighted by molar-refractivity contribution is 5.57. The molecule has 0 atom stereocenters. The van der Waals surface area contributed by atoms with Gasteiger partial charge in [-0.1, -0.05) is 26.0 Å². The van der Waals surface area contributed by atoms with Crippen LogP contribution in [0.25, 0.3) is 0 Å². The van der Waals surface area contributed by atoms with E-state index in [-0.39, 0.29) is 5.75 Å². The van der Waals surface area contributed by atoms with Crippen LogP contribution in [0.2, 0.25) is 0 Å². The molecule has 2 aromatic rings. The van der Waals surface area contributed by atoms with E-state index in [2.05, 4.69) is 36.9 Å². The number of nitrogens with zero attached hydrogens (tertiary/aromatic N) is 1. The van der Waals surface area contributed by atoms with E-state index < -0.39 is 5.43 Å². The number of rotatable bonds is 3. The van der Waals surface area contributed by atoms with Crippen LogP contribution in [-0.4, -0.2) is 11.7 Å². The van der Waals surface area contributed by atoms with Crippen LogP contribution in [0, 0.1) is 0 Å². The molecule has 0 bridgehead atoms. The lowest BCUT2D eigenvalue weighted by Gasteiger charge is -2.31. The maximum absolute atomic E-state index is 11.5. The van der Waals surface area contributed by atoms with Gasteiger partial charge in [0.1, 0.15) is 12.0 Å². The average molecular weight is 299 g/mol. The highest BCUT2D eigenvalue weighted by Gasteiger charge is 2.19. The summed E-state index contributed by atoms with van der Waals surface area (Å²) in [5.41, 5.74) is 3.54. The maximum atomic E-state index is 11.5. The van der Waals surface area contributed by atoms with Gasteiger partial charge in [-0.15, -0.1) is 0 Å². The fourth-order valence-corrected chi connectivity index (χ4v) is 2.93. The zero-order valence-electron chi connectivity index (χ0n) is 13.0. The van der Waals surface area contributed by atoms with E-state index in [1.807, 2.05) is 0 Å². The van der Waals surface area contributed by atoms with E-state index >= 15 is 0 Å². The van der Waals surface area contributed by atoms with Crippen molar-refractivity contribution in [1.29, 1.82) is 0 Å². The molecule has 1 aliphatic rings. The smallest absolute Gasteiger partial charge is 0.226 e. The molecule has 4 heteroatoms. The summed E-state index contributed by atoms with van der Waals surface area (Å²) < 4.78 is 5.33. The number of hydrogen-bond donors (Lipinski definition) is 1. The molecule has 0 radical (unpaired) electrons. The second-order valence-corrected chi connectivity index (χ2v) is 6.16. The van der Waals surface area contributed by atoms with Crippen LogP contribution in [0.4, 0.5) is 5.69 Å². The standard InChI is InChI=1S/C18H21NO3/c1-12(2)13-5-6-16-14(8-13)4-3-7-19(16)10-15-9-17(20)18(21)11-22-15/h5-6,8-9,11-12,21H,3-4,7,10H2,1-2H3. The van der Waals surface area contributed by atoms with Gasteiger partial charge in [-0.3, -0.25) is 4.79 Å². The van der Waals surface area contributed by atoms with Gasteiger partial charge in [-0.05, 0) is 36.0 Å². The third-order valence-electron chi connectivity index (χ3n) is 4.20. The summed E-state index contributed by atoms with van der Waals surface area (Å²) in [7, 11) is 0. The number of anilines is 1. The Morgan fingerprint density at radius 1 is 1.32 bits per heavy atom. The molecule has 2 heterocycles. The summed E-state index contributed by atoms with van der Waals surface area (Å²) in [6, 6.07) is 8.00. The highest BCUT2D eigenvalue weighted by Crippen LogP contribution is 2.31. The SMILES string of the molecule is CC(C)c1ccc2c(c1)CCCN2Cc1cc(=O)c(O)co1. The van der Waals surface area contributed by atoms with Gasteiger partial charge >= 0.3 is 0 Å². The van der Waals surface area contributed by atoms with E-state index in [0.717, 1.165) is 25.6 Å². The van der Waals surface area contributed by atoms with Crippen molar-refractivity contribution in [3.63, 3.8) is 0 Å². The zero-order chi connectivity index (χ0) is 15.7. The topological polar surface area (TPSA) is 53.7 Å². The zero-order valence-corrected chi connectivity index (χ0v) is 13.0. The lowest BCUT2D eigenvalue weighted by molar-refractivity contribution is 0.410. The van der Waals surface area contributed by atoms with Crippen LogP contribution in [0.3, 0.4) is 0 Å². The minimum absolute atomic E-state index is 0.343. The fourth-order valence-electron chi connectivity index (χ4n) is 2.93. The molecule has 0 fully saturated rings. The number of fused-ring (bicyclic) bond motifs is 1. The maximum Gasteiger partial charge on any atom is 0.226 e. The Hall–Kier alpha value is -2.23. The summed E-state index contributed by atoms with van der Waals surface area (Å²) >= 11 is 0. The van der Waals surface area contributed by atoms with Gasteiger partial charge in [0.25, 0.3) is 0 Å². The number of aromatic hydroxyl groups is 1. The first-order valence-electron chi connectivity index (χ1n) is 7.73. The van der Waals surface area contributed by atoms with Crippen LogP contribution in [0.1, 0.15) is 43.1 Å². The first kappa shape index (κ1) is 14.7. The van der Waals surface area contributed by atoms with Crippen LogP contribution in [-0.2, 0) is 13.0 Å². The van der Waals surface area contributed by atoms with Gasteiger partial charge in [-0.2, -0.15) is 0 Å². The van der Waals surface area contributed by atoms with Crippen molar-refractivity contribution >= 4 is 5.69 Å². The lowest BCUT2D eigenvalue weighted by atomic mass is 9.95. The molecule has 0 aliphatic carbocycles. The Labute approximate surface area is 130 Å². The van der Waals surface area contributed by atoms with Crippen molar-refractivity contribution < 1.29 is 9.52 Å². The Morgan fingerprint density at radius 2 is 2.14 bits per heavy atom. The lowest BCUT2D eigenvalue weighted by Crippen LogP contribution is -2.29. The van der Waals surface area contributed by atoms with Crippen LogP contribution < -0.4 is 10.3 Å². The fraction of sp³-hybridized carbons (Fsp3) is 0.389. The number of benzene rings is 1. The normalized spacial score (nSPS) is 14.2. The summed E-state index contributed by atoms with van der Waals surface area (Å²) in [6.45, 7) is 5.89. The summed E-state index contributed by atoms with van der Waals surface area (Å²) in [6.07, 6.45) is 3.30. The molecule has 0 spiro atoms. The third-order valence-corrected chi connectivity index (χ3v) is 4.20. The monoisotopic (exact) mass is 299 g/mol. The molecule has 22 heavy (non-hydrogen) atoms. The molecule has 0 amide bonds. The van der Waals surface area contributed by atoms with Crippen molar-refractivity contribution in [2.24, 2.45) is 0 Å². The van der Waals surface area contributed by atoms with Gasteiger partial charge in [0.2, 0.25) is 5.43 Å². The molecule has 0 saturated heterocycles. The molecule has 1 N–H and O–H groups in total. The molecular formula is C18H21NO3. The summed E-state index contributed by atoms with van der Waals surface area (Å²) in [4.78, 5) is 13.8. The van der Waals surface area contributed by atoms with Gasteiger partial charge < -0.3 is 14.4 Å². The number of hydrogen-bond acceptors (Lipinski definition) is 4. The predicted octanol–water partition coefficient (Wildman–Crippen LogP) is 3.42. The van der Waals surface area contributed by atoms with Crippen molar-refractivity contribution in [3.8, 4) is 5.75 Å². The van der Waals surface area contributed by atoms with E-state index in [9.17, 15) is 9.90 Å². The van der Waals surface area contributed by atoms with Gasteiger partial charge in [0, 0.05) is 18.3 Å². The second kappa shape index (κ2) is 5.87. The predicted molar refractivity (Wildman–Crippen MR) is 86.5 cm³/mol. The third kappa shape index (κ3) is 2.86. The van der Waals surface area contributed by atoms with E-state index in [4.69, 9.17) is 4.42 Å². The Morgan fingerprint density at radius 3 is 2.86 bits per heavy atom. The Kier molecular flexibility index (Phi) is 3.92. The van der Waals surface area contributed by atoms with Gasteiger partial charge in [0.05, 0.1) is 6.54 Å². The minimum atomic E-state index is -0.395. The first-order valence-corrected chi connectivity index (χ1v) is 7.73. The summed E-state index contributed by atoms with van der Waals surface area (Å²) in [5.74, 6) is 0.753. The largest absolute Gasteiger partial charge is 0.502 e. The Balaban J connectivity index is 1.88. The van der Waals surface area contributed by atoms with Crippen molar-refractivity contribution in [3.05, 3.63) is 57.6 Å². The van der Waals surface area contributed by atoms with Crippen LogP contribution >= 0.6 is 0 Å². The molecule has 116 valence electrons. The van der Waals surface area contributed by atoms with Crippen LogP contribution in [0.5, 0.6) is 5.75 Å². The quantitative estimate of drug-likeness (QED) is 0.943. The van der Waals surface area contributed by atoms with E-state index in [1.54, 1.807) is 0 Å². The van der Waals surface area contributed by atoms with E-state index in [1.165, 1.54) is 22.9 Å². The number of aryl methyl sites for hydroxylation is 1. The van der Waals surface area contributed by atoms with Crippen LogP contribution in [0.15, 0.2) is 39.7 Å². The molecule has 1 aromatic carbocycles. The highest BCUT2D eigenvalue weighted by atomic mass is 16.4. The average Bonchev–Trinajstić information content (AvgIpc) is 2.50. The van der Waals surface area contributed by atoms with E-state index in [0.29, 0.717) is 18.2 Å². The minimum Gasteiger partial charge on any atom is -0.502 e. The summed E-state index contributed by atoms with van der Waals surface area (Å²) in [5, 5.41) is 9.27. The van der Waals surface area contributed by atoms with Crippen molar-refractivity contribution in [2.75, 3.05) is 11.4 Å². The van der Waals surface area contributed by atoms with Crippen molar-refractivity contribution in [2.45, 2.75) is 39.2 Å². The molecular weight excluding hydrogens is 278 g/mol. The van der Waals surface area contributed by atoms with Gasteiger partial charge in [-0.25, -0.2) is 0 Å². The van der Waals surface area contributed by atoms with Crippen molar-refractivity contribution in [1.82, 2.24) is 0 Å². The second-order valence-electron chi connectivity index (χ2n) is 6.16.